The van der Waals surface area contributed by atoms with E-state index in [0.29, 0.717) is 23.7 Å². The standard InChI is InChI=1S/C16H21NO6/c1-6-7-11(16(19)23-5)17-15(18)10-8-12(20-2)14(22-4)13(9-10)21-3/h7-9H,6H2,1-5H3,(H,17,18). The van der Waals surface area contributed by atoms with Crippen molar-refractivity contribution >= 4 is 11.9 Å². The number of carbonyl (C=O) groups is 2. The fourth-order valence-electron chi connectivity index (χ4n) is 1.91. The van der Waals surface area contributed by atoms with Crippen LogP contribution in [0.1, 0.15) is 23.7 Å². The third-order valence-corrected chi connectivity index (χ3v) is 2.99. The second-order valence-electron chi connectivity index (χ2n) is 4.39. The number of carbonyl (C=O) groups excluding carboxylic acids is 2. The Morgan fingerprint density at radius 3 is 2.00 bits per heavy atom. The summed E-state index contributed by atoms with van der Waals surface area (Å²) in [7, 11) is 5.63. The predicted molar refractivity (Wildman–Crippen MR) is 84.0 cm³/mol. The fraction of sp³-hybridized carbons (Fsp3) is 0.375. The van der Waals surface area contributed by atoms with Crippen LogP contribution in [0.25, 0.3) is 0 Å². The SMILES string of the molecule is CCC=C(NC(=O)c1cc(OC)c(OC)c(OC)c1)C(=O)OC. The van der Waals surface area contributed by atoms with Crippen LogP contribution in [0.3, 0.4) is 0 Å². The van der Waals surface area contributed by atoms with Gasteiger partial charge in [-0.3, -0.25) is 4.79 Å². The molecule has 0 spiro atoms. The minimum atomic E-state index is -0.618. The molecule has 0 aromatic heterocycles. The number of methoxy groups -OCH3 is 4. The van der Waals surface area contributed by atoms with Gasteiger partial charge in [-0.1, -0.05) is 13.0 Å². The summed E-state index contributed by atoms with van der Waals surface area (Å²) in [5.41, 5.74) is 0.333. The number of allylic oxidation sites excluding steroid dienone is 1. The second-order valence-corrected chi connectivity index (χ2v) is 4.39. The first-order valence-corrected chi connectivity index (χ1v) is 6.92. The lowest BCUT2D eigenvalue weighted by Gasteiger charge is -2.14. The largest absolute Gasteiger partial charge is 0.493 e. The molecule has 23 heavy (non-hydrogen) atoms. The van der Waals surface area contributed by atoms with Crippen LogP contribution in [0, 0.1) is 0 Å². The molecule has 0 aliphatic heterocycles. The highest BCUT2D eigenvalue weighted by Gasteiger charge is 2.19. The molecule has 0 aliphatic carbocycles. The van der Waals surface area contributed by atoms with E-state index in [-0.39, 0.29) is 11.3 Å². The molecule has 1 amide bonds. The zero-order valence-electron chi connectivity index (χ0n) is 13.9. The smallest absolute Gasteiger partial charge is 0.354 e. The minimum absolute atomic E-state index is 0.0775. The summed E-state index contributed by atoms with van der Waals surface area (Å²) < 4.78 is 20.2. The van der Waals surface area contributed by atoms with Crippen LogP contribution in [-0.4, -0.2) is 40.3 Å². The zero-order valence-corrected chi connectivity index (χ0v) is 13.9. The number of rotatable bonds is 7. The third kappa shape index (κ3) is 4.38. The van der Waals surface area contributed by atoms with Crippen LogP contribution in [0.4, 0.5) is 0 Å². The maximum absolute atomic E-state index is 12.4. The molecule has 1 N–H and O–H groups in total. The summed E-state index contributed by atoms with van der Waals surface area (Å²) in [5, 5.41) is 2.52. The van der Waals surface area contributed by atoms with Crippen molar-refractivity contribution in [3.05, 3.63) is 29.5 Å². The Bertz CT molecular complexity index is 584. The van der Waals surface area contributed by atoms with Gasteiger partial charge in [-0.2, -0.15) is 0 Å². The maximum atomic E-state index is 12.4. The van der Waals surface area contributed by atoms with E-state index in [1.54, 1.807) is 6.08 Å². The van der Waals surface area contributed by atoms with Crippen molar-refractivity contribution in [2.24, 2.45) is 0 Å². The Morgan fingerprint density at radius 2 is 1.61 bits per heavy atom. The molecule has 0 radical (unpaired) electrons. The van der Waals surface area contributed by atoms with E-state index in [4.69, 9.17) is 14.2 Å². The van der Waals surface area contributed by atoms with Gasteiger partial charge in [0.15, 0.2) is 11.5 Å². The highest BCUT2D eigenvalue weighted by Crippen LogP contribution is 2.38. The molecule has 1 aromatic carbocycles. The van der Waals surface area contributed by atoms with Gasteiger partial charge in [0, 0.05) is 5.56 Å². The van der Waals surface area contributed by atoms with Crippen LogP contribution in [0.15, 0.2) is 23.9 Å². The number of nitrogens with one attached hydrogen (secondary N) is 1. The minimum Gasteiger partial charge on any atom is -0.493 e. The van der Waals surface area contributed by atoms with Crippen LogP contribution >= 0.6 is 0 Å². The van der Waals surface area contributed by atoms with Gasteiger partial charge in [-0.25, -0.2) is 4.79 Å². The Kier molecular flexibility index (Phi) is 6.92. The average Bonchev–Trinajstić information content (AvgIpc) is 2.58. The summed E-state index contributed by atoms with van der Waals surface area (Å²) >= 11 is 0. The molecule has 0 aliphatic rings. The van der Waals surface area contributed by atoms with Crippen molar-refractivity contribution in [3.8, 4) is 17.2 Å². The first-order valence-electron chi connectivity index (χ1n) is 6.92. The molecular formula is C16H21NO6. The first-order chi connectivity index (χ1) is 11.0. The van der Waals surface area contributed by atoms with Crippen LogP contribution in [0.5, 0.6) is 17.2 Å². The number of benzene rings is 1. The fourth-order valence-corrected chi connectivity index (χ4v) is 1.91. The van der Waals surface area contributed by atoms with Gasteiger partial charge in [0.05, 0.1) is 28.4 Å². The quantitative estimate of drug-likeness (QED) is 0.609. The number of hydrogen-bond donors (Lipinski definition) is 1. The van der Waals surface area contributed by atoms with E-state index in [2.05, 4.69) is 10.1 Å². The van der Waals surface area contributed by atoms with Gasteiger partial charge < -0.3 is 24.3 Å². The van der Waals surface area contributed by atoms with Crippen molar-refractivity contribution < 1.29 is 28.5 Å². The molecule has 0 saturated heterocycles. The van der Waals surface area contributed by atoms with Gasteiger partial charge in [0.2, 0.25) is 5.75 Å². The number of ether oxygens (including phenoxy) is 4. The molecule has 7 heteroatoms. The van der Waals surface area contributed by atoms with Gasteiger partial charge in [0.1, 0.15) is 5.70 Å². The first kappa shape index (κ1) is 18.3. The zero-order chi connectivity index (χ0) is 17.4. The predicted octanol–water partition coefficient (Wildman–Crippen LogP) is 1.91. The molecule has 0 fully saturated rings. The lowest BCUT2D eigenvalue weighted by Crippen LogP contribution is -2.28. The van der Waals surface area contributed by atoms with Gasteiger partial charge in [-0.15, -0.1) is 0 Å². The maximum Gasteiger partial charge on any atom is 0.354 e. The topological polar surface area (TPSA) is 83.1 Å². The van der Waals surface area contributed by atoms with Crippen LogP contribution < -0.4 is 19.5 Å². The molecule has 0 atom stereocenters. The van der Waals surface area contributed by atoms with E-state index in [1.165, 1.54) is 40.6 Å². The molecule has 0 heterocycles. The highest BCUT2D eigenvalue weighted by molar-refractivity contribution is 6.01. The normalized spacial score (nSPS) is 10.7. The van der Waals surface area contributed by atoms with Crippen LogP contribution in [-0.2, 0) is 9.53 Å². The number of esters is 1. The van der Waals surface area contributed by atoms with Crippen molar-refractivity contribution in [2.45, 2.75) is 13.3 Å². The molecule has 0 bridgehead atoms. The summed E-state index contributed by atoms with van der Waals surface area (Å²) in [5.74, 6) is -0.0435. The van der Waals surface area contributed by atoms with Crippen molar-refractivity contribution in [2.75, 3.05) is 28.4 Å². The summed E-state index contributed by atoms with van der Waals surface area (Å²) in [6, 6.07) is 3.00. The van der Waals surface area contributed by atoms with Crippen LogP contribution in [0.2, 0.25) is 0 Å². The monoisotopic (exact) mass is 323 g/mol. The van der Waals surface area contributed by atoms with E-state index < -0.39 is 11.9 Å². The average molecular weight is 323 g/mol. The second kappa shape index (κ2) is 8.67. The molecule has 126 valence electrons. The van der Waals surface area contributed by atoms with Gasteiger partial charge in [-0.05, 0) is 18.6 Å². The van der Waals surface area contributed by atoms with Crippen molar-refractivity contribution in [1.29, 1.82) is 0 Å². The molecular weight excluding hydrogens is 302 g/mol. The van der Waals surface area contributed by atoms with E-state index in [0.717, 1.165) is 0 Å². The van der Waals surface area contributed by atoms with E-state index in [9.17, 15) is 9.59 Å². The molecule has 0 saturated carbocycles. The summed E-state index contributed by atoms with van der Waals surface area (Å²) in [6.45, 7) is 1.84. The van der Waals surface area contributed by atoms with E-state index in [1.807, 2.05) is 6.92 Å². The number of hydrogen-bond acceptors (Lipinski definition) is 6. The Morgan fingerprint density at radius 1 is 1.04 bits per heavy atom. The summed E-state index contributed by atoms with van der Waals surface area (Å²) in [6.07, 6.45) is 2.14. The molecule has 1 rings (SSSR count). The highest BCUT2D eigenvalue weighted by atomic mass is 16.5. The molecule has 0 unspecified atom stereocenters. The Labute approximate surface area is 135 Å². The molecule has 7 nitrogen and oxygen atoms in total. The van der Waals surface area contributed by atoms with E-state index >= 15 is 0 Å². The number of amides is 1. The molecule has 1 aromatic rings. The Balaban J connectivity index is 3.17. The van der Waals surface area contributed by atoms with Gasteiger partial charge >= 0.3 is 5.97 Å². The van der Waals surface area contributed by atoms with Crippen molar-refractivity contribution in [3.63, 3.8) is 0 Å². The van der Waals surface area contributed by atoms with Gasteiger partial charge in [0.25, 0.3) is 5.91 Å². The Hall–Kier alpha value is -2.70. The lowest BCUT2D eigenvalue weighted by atomic mass is 10.1. The third-order valence-electron chi connectivity index (χ3n) is 2.99. The van der Waals surface area contributed by atoms with Crippen molar-refractivity contribution in [1.82, 2.24) is 5.32 Å². The summed E-state index contributed by atoms with van der Waals surface area (Å²) in [4.78, 5) is 24.0. The lowest BCUT2D eigenvalue weighted by molar-refractivity contribution is -0.136.